The van der Waals surface area contributed by atoms with Crippen molar-refractivity contribution in [1.29, 1.82) is 0 Å². The van der Waals surface area contributed by atoms with Crippen molar-refractivity contribution in [3.63, 3.8) is 0 Å². The summed E-state index contributed by atoms with van der Waals surface area (Å²) in [6.45, 7) is 3.62. The van der Waals surface area contributed by atoms with Crippen LogP contribution in [0.3, 0.4) is 0 Å². The number of rotatable bonds is 6. The highest BCUT2D eigenvalue weighted by Crippen LogP contribution is 2.05. The summed E-state index contributed by atoms with van der Waals surface area (Å²) < 4.78 is 0. The number of aldehydes is 1. The molecule has 0 saturated carbocycles. The van der Waals surface area contributed by atoms with Gasteiger partial charge < -0.3 is 4.79 Å². The van der Waals surface area contributed by atoms with Gasteiger partial charge in [-0.2, -0.15) is 0 Å². The molecule has 0 fully saturated rings. The van der Waals surface area contributed by atoms with Crippen LogP contribution in [0.1, 0.15) is 18.1 Å². The van der Waals surface area contributed by atoms with Gasteiger partial charge >= 0.3 is 0 Å². The Balaban J connectivity index is 2.40. The molecule has 82 valence electrons. The second-order valence-electron chi connectivity index (χ2n) is 3.85. The molecule has 0 spiro atoms. The molecule has 2 nitrogen and oxygen atoms in total. The minimum Gasteiger partial charge on any atom is -0.302 e. The molecule has 15 heavy (non-hydrogen) atoms. The lowest BCUT2D eigenvalue weighted by Crippen LogP contribution is -2.23. The molecule has 0 unspecified atom stereocenters. The van der Waals surface area contributed by atoms with E-state index in [1.54, 1.807) is 0 Å². The van der Waals surface area contributed by atoms with Crippen LogP contribution in [-0.2, 0) is 17.6 Å². The third-order valence-corrected chi connectivity index (χ3v) is 2.60. The van der Waals surface area contributed by atoms with E-state index in [0.717, 1.165) is 25.7 Å². The van der Waals surface area contributed by atoms with Gasteiger partial charge in [-0.15, -0.1) is 0 Å². The Morgan fingerprint density at radius 1 is 1.20 bits per heavy atom. The molecule has 0 atom stereocenters. The molecule has 1 rings (SSSR count). The minimum atomic E-state index is 0.521. The average Bonchev–Trinajstić information content (AvgIpc) is 2.27. The van der Waals surface area contributed by atoms with E-state index < -0.39 is 0 Å². The van der Waals surface area contributed by atoms with Gasteiger partial charge in [0.2, 0.25) is 0 Å². The van der Waals surface area contributed by atoms with Gasteiger partial charge in [-0.3, -0.25) is 4.90 Å². The van der Waals surface area contributed by atoms with Crippen molar-refractivity contribution >= 4 is 6.29 Å². The number of nitrogens with zero attached hydrogens (tertiary/aromatic N) is 1. The summed E-state index contributed by atoms with van der Waals surface area (Å²) >= 11 is 0. The SMILES string of the molecule is CCc1ccc(CCN(C)CC=O)cc1. The molecule has 0 N–H and O–H groups in total. The van der Waals surface area contributed by atoms with Crippen molar-refractivity contribution in [2.75, 3.05) is 20.1 Å². The Hall–Kier alpha value is -1.15. The lowest BCUT2D eigenvalue weighted by molar-refractivity contribution is -0.108. The lowest BCUT2D eigenvalue weighted by atomic mass is 10.1. The van der Waals surface area contributed by atoms with Gasteiger partial charge in [0.25, 0.3) is 0 Å². The van der Waals surface area contributed by atoms with Crippen LogP contribution in [0.2, 0.25) is 0 Å². The molecule has 0 saturated heterocycles. The summed E-state index contributed by atoms with van der Waals surface area (Å²) in [7, 11) is 1.97. The number of carbonyl (C=O) groups excluding carboxylic acids is 1. The summed E-state index contributed by atoms with van der Waals surface area (Å²) in [5.74, 6) is 0. The summed E-state index contributed by atoms with van der Waals surface area (Å²) in [5, 5.41) is 0. The average molecular weight is 205 g/mol. The van der Waals surface area contributed by atoms with Crippen LogP contribution in [-0.4, -0.2) is 31.3 Å². The molecule has 0 aliphatic carbocycles. The maximum absolute atomic E-state index is 10.3. The Morgan fingerprint density at radius 3 is 2.33 bits per heavy atom. The predicted octanol–water partition coefficient (Wildman–Crippen LogP) is 1.92. The standard InChI is InChI=1S/C13H19NO/c1-3-12-4-6-13(7-5-12)8-9-14(2)10-11-15/h4-7,11H,3,8-10H2,1-2H3. The third kappa shape index (κ3) is 4.26. The van der Waals surface area contributed by atoms with E-state index in [1.807, 2.05) is 11.9 Å². The van der Waals surface area contributed by atoms with E-state index in [0.29, 0.717) is 6.54 Å². The van der Waals surface area contributed by atoms with E-state index in [9.17, 15) is 4.79 Å². The molecule has 0 heterocycles. The first-order valence-electron chi connectivity index (χ1n) is 5.46. The van der Waals surface area contributed by atoms with Gasteiger partial charge in [0.05, 0.1) is 6.54 Å². The summed E-state index contributed by atoms with van der Waals surface area (Å²) in [4.78, 5) is 12.3. The molecule has 0 aliphatic rings. The number of hydrogen-bond donors (Lipinski definition) is 0. The van der Waals surface area contributed by atoms with Crippen molar-refractivity contribution in [2.24, 2.45) is 0 Å². The fraction of sp³-hybridized carbons (Fsp3) is 0.462. The molecule has 1 aromatic rings. The van der Waals surface area contributed by atoms with E-state index in [-0.39, 0.29) is 0 Å². The Bertz CT molecular complexity index is 292. The fourth-order valence-corrected chi connectivity index (χ4v) is 1.48. The van der Waals surface area contributed by atoms with Crippen LogP contribution in [0.4, 0.5) is 0 Å². The Kier molecular flexibility index (Phi) is 5.05. The molecule has 2 heteroatoms. The van der Waals surface area contributed by atoms with E-state index in [1.165, 1.54) is 11.1 Å². The highest BCUT2D eigenvalue weighted by atomic mass is 16.1. The number of aryl methyl sites for hydroxylation is 1. The van der Waals surface area contributed by atoms with Gasteiger partial charge in [0, 0.05) is 6.54 Å². The summed E-state index contributed by atoms with van der Waals surface area (Å²) in [6, 6.07) is 8.70. The number of carbonyl (C=O) groups is 1. The van der Waals surface area contributed by atoms with Crippen molar-refractivity contribution in [1.82, 2.24) is 4.90 Å². The quantitative estimate of drug-likeness (QED) is 0.661. The van der Waals surface area contributed by atoms with Gasteiger partial charge in [-0.05, 0) is 31.0 Å². The van der Waals surface area contributed by atoms with Crippen LogP contribution in [0, 0.1) is 0 Å². The third-order valence-electron chi connectivity index (χ3n) is 2.60. The zero-order chi connectivity index (χ0) is 11.1. The number of hydrogen-bond acceptors (Lipinski definition) is 2. The first-order chi connectivity index (χ1) is 7.26. The first kappa shape index (κ1) is 11.9. The van der Waals surface area contributed by atoms with Gasteiger partial charge in [-0.1, -0.05) is 31.2 Å². The van der Waals surface area contributed by atoms with Crippen molar-refractivity contribution in [3.8, 4) is 0 Å². The van der Waals surface area contributed by atoms with Crippen LogP contribution in [0.25, 0.3) is 0 Å². The monoisotopic (exact) mass is 205 g/mol. The van der Waals surface area contributed by atoms with E-state index >= 15 is 0 Å². The van der Waals surface area contributed by atoms with Gasteiger partial charge in [0.15, 0.2) is 0 Å². The molecule has 0 bridgehead atoms. The second-order valence-corrected chi connectivity index (χ2v) is 3.85. The highest BCUT2D eigenvalue weighted by Gasteiger charge is 1.98. The van der Waals surface area contributed by atoms with E-state index in [4.69, 9.17) is 0 Å². The topological polar surface area (TPSA) is 20.3 Å². The highest BCUT2D eigenvalue weighted by molar-refractivity contribution is 5.51. The van der Waals surface area contributed by atoms with Gasteiger partial charge in [0.1, 0.15) is 6.29 Å². The number of benzene rings is 1. The first-order valence-corrected chi connectivity index (χ1v) is 5.46. The van der Waals surface area contributed by atoms with Crippen molar-refractivity contribution < 1.29 is 4.79 Å². The lowest BCUT2D eigenvalue weighted by Gasteiger charge is -2.12. The summed E-state index contributed by atoms with van der Waals surface area (Å²) in [5.41, 5.74) is 2.71. The van der Waals surface area contributed by atoms with Crippen LogP contribution >= 0.6 is 0 Å². The molecular weight excluding hydrogens is 186 g/mol. The predicted molar refractivity (Wildman–Crippen MR) is 63.1 cm³/mol. The molecule has 0 radical (unpaired) electrons. The normalized spacial score (nSPS) is 10.6. The van der Waals surface area contributed by atoms with Crippen molar-refractivity contribution in [2.45, 2.75) is 19.8 Å². The zero-order valence-corrected chi connectivity index (χ0v) is 9.57. The fourth-order valence-electron chi connectivity index (χ4n) is 1.48. The summed E-state index contributed by atoms with van der Waals surface area (Å²) in [6.07, 6.45) is 3.04. The number of likely N-dealkylation sites (N-methyl/N-ethyl adjacent to an activating group) is 1. The maximum Gasteiger partial charge on any atom is 0.133 e. The van der Waals surface area contributed by atoms with Crippen LogP contribution in [0.5, 0.6) is 0 Å². The molecule has 0 aromatic heterocycles. The zero-order valence-electron chi connectivity index (χ0n) is 9.57. The minimum absolute atomic E-state index is 0.521. The largest absolute Gasteiger partial charge is 0.302 e. The second kappa shape index (κ2) is 6.36. The Morgan fingerprint density at radius 2 is 1.80 bits per heavy atom. The molecule has 1 aromatic carbocycles. The molecular formula is C13H19NO. The Labute approximate surface area is 91.9 Å². The molecule has 0 aliphatic heterocycles. The smallest absolute Gasteiger partial charge is 0.133 e. The van der Waals surface area contributed by atoms with E-state index in [2.05, 4.69) is 31.2 Å². The van der Waals surface area contributed by atoms with Crippen LogP contribution < -0.4 is 0 Å². The van der Waals surface area contributed by atoms with Crippen molar-refractivity contribution in [3.05, 3.63) is 35.4 Å². The molecule has 0 amide bonds. The maximum atomic E-state index is 10.3. The van der Waals surface area contributed by atoms with Gasteiger partial charge in [-0.25, -0.2) is 0 Å². The van der Waals surface area contributed by atoms with Crippen LogP contribution in [0.15, 0.2) is 24.3 Å².